The second kappa shape index (κ2) is 4.99. The van der Waals surface area contributed by atoms with Crippen molar-refractivity contribution in [2.75, 3.05) is 0 Å². The molecule has 0 N–H and O–H groups in total. The van der Waals surface area contributed by atoms with Gasteiger partial charge in [-0.3, -0.25) is 4.79 Å². The van der Waals surface area contributed by atoms with Crippen LogP contribution in [0.4, 0.5) is 0 Å². The first-order valence-electron chi connectivity index (χ1n) is 6.19. The maximum absolute atomic E-state index is 10.8. The van der Waals surface area contributed by atoms with Crippen LogP contribution < -0.4 is 0 Å². The number of hydrogen-bond acceptors (Lipinski definition) is 1. The molecule has 0 radical (unpaired) electrons. The Labute approximate surface area is 99.6 Å². The van der Waals surface area contributed by atoms with Gasteiger partial charge >= 0.3 is 0 Å². The zero-order valence-electron chi connectivity index (χ0n) is 11.3. The van der Waals surface area contributed by atoms with Crippen LogP contribution in [0.25, 0.3) is 0 Å². The summed E-state index contributed by atoms with van der Waals surface area (Å²) in [4.78, 5) is 10.8. The third kappa shape index (κ3) is 2.84. The maximum Gasteiger partial charge on any atom is 0.145 e. The van der Waals surface area contributed by atoms with Gasteiger partial charge in [0.15, 0.2) is 0 Å². The summed E-state index contributed by atoms with van der Waals surface area (Å²) in [7, 11) is 0. The van der Waals surface area contributed by atoms with E-state index in [-0.39, 0.29) is 0 Å². The molecule has 1 aliphatic rings. The van der Waals surface area contributed by atoms with Crippen molar-refractivity contribution >= 4 is 6.29 Å². The highest BCUT2D eigenvalue weighted by Gasteiger charge is 2.28. The minimum atomic E-state index is 0.312. The molecule has 0 atom stereocenters. The number of carbonyl (C=O) groups excluding carboxylic acids is 1. The van der Waals surface area contributed by atoms with E-state index in [2.05, 4.69) is 27.7 Å². The first-order chi connectivity index (χ1) is 7.38. The van der Waals surface area contributed by atoms with E-state index in [4.69, 9.17) is 0 Å². The van der Waals surface area contributed by atoms with E-state index in [9.17, 15) is 4.79 Å². The van der Waals surface area contributed by atoms with Crippen LogP contribution in [0.15, 0.2) is 22.3 Å². The van der Waals surface area contributed by atoms with Gasteiger partial charge in [-0.15, -0.1) is 0 Å². The summed E-state index contributed by atoms with van der Waals surface area (Å²) in [5, 5.41) is 0. The molecule has 90 valence electrons. The normalized spacial score (nSPS) is 21.8. The molecule has 0 spiro atoms. The molecule has 0 fully saturated rings. The van der Waals surface area contributed by atoms with Crippen molar-refractivity contribution in [3.05, 3.63) is 22.3 Å². The van der Waals surface area contributed by atoms with Gasteiger partial charge < -0.3 is 0 Å². The van der Waals surface area contributed by atoms with Crippen LogP contribution in [0.5, 0.6) is 0 Å². The summed E-state index contributed by atoms with van der Waals surface area (Å²) >= 11 is 0. The average molecular weight is 220 g/mol. The Morgan fingerprint density at radius 3 is 2.50 bits per heavy atom. The van der Waals surface area contributed by atoms with E-state index in [0.29, 0.717) is 5.41 Å². The quantitative estimate of drug-likeness (QED) is 0.390. The van der Waals surface area contributed by atoms with Gasteiger partial charge in [-0.25, -0.2) is 0 Å². The molecule has 0 unspecified atom stereocenters. The van der Waals surface area contributed by atoms with E-state index in [1.807, 2.05) is 6.92 Å². The average Bonchev–Trinajstić information content (AvgIpc) is 2.21. The fraction of sp³-hybridized carbons (Fsp3) is 0.667. The molecule has 0 aromatic carbocycles. The van der Waals surface area contributed by atoms with Crippen molar-refractivity contribution in [3.63, 3.8) is 0 Å². The Hall–Kier alpha value is -0.850. The Bertz CT molecular complexity index is 342. The fourth-order valence-corrected chi connectivity index (χ4v) is 2.57. The Morgan fingerprint density at radius 1 is 1.38 bits per heavy atom. The topological polar surface area (TPSA) is 17.1 Å². The van der Waals surface area contributed by atoms with Crippen LogP contribution in [0, 0.1) is 5.41 Å². The van der Waals surface area contributed by atoms with Gasteiger partial charge in [-0.2, -0.15) is 0 Å². The highest BCUT2D eigenvalue weighted by Crippen LogP contribution is 2.43. The number of rotatable bonds is 3. The van der Waals surface area contributed by atoms with Gasteiger partial charge in [0, 0.05) is 0 Å². The lowest BCUT2D eigenvalue weighted by molar-refractivity contribution is -0.104. The first-order valence-corrected chi connectivity index (χ1v) is 6.19. The van der Waals surface area contributed by atoms with Crippen LogP contribution in [0.1, 0.15) is 60.3 Å². The van der Waals surface area contributed by atoms with Crippen LogP contribution >= 0.6 is 0 Å². The smallest absolute Gasteiger partial charge is 0.145 e. The third-order valence-electron chi connectivity index (χ3n) is 3.98. The first kappa shape index (κ1) is 13.2. The fourth-order valence-electron chi connectivity index (χ4n) is 2.57. The highest BCUT2D eigenvalue weighted by atomic mass is 16.1. The van der Waals surface area contributed by atoms with E-state index in [1.165, 1.54) is 30.4 Å². The molecule has 16 heavy (non-hydrogen) atoms. The van der Waals surface area contributed by atoms with Crippen LogP contribution in [0.3, 0.4) is 0 Å². The molecule has 1 rings (SSSR count). The van der Waals surface area contributed by atoms with Crippen molar-refractivity contribution in [1.29, 1.82) is 0 Å². The Morgan fingerprint density at radius 2 is 2.00 bits per heavy atom. The lowest BCUT2D eigenvalue weighted by Gasteiger charge is -2.35. The molecule has 0 saturated heterocycles. The molecule has 0 aromatic heterocycles. The molecule has 0 bridgehead atoms. The summed E-state index contributed by atoms with van der Waals surface area (Å²) in [6.45, 7) is 10.9. The Kier molecular flexibility index (Phi) is 4.12. The number of aldehydes is 1. The van der Waals surface area contributed by atoms with Crippen molar-refractivity contribution in [2.24, 2.45) is 5.41 Å². The van der Waals surface area contributed by atoms with E-state index in [1.54, 1.807) is 5.57 Å². The van der Waals surface area contributed by atoms with Crippen LogP contribution in [0.2, 0.25) is 0 Å². The van der Waals surface area contributed by atoms with Gasteiger partial charge in [0.1, 0.15) is 6.29 Å². The van der Waals surface area contributed by atoms with Gasteiger partial charge in [0.2, 0.25) is 0 Å². The van der Waals surface area contributed by atoms with E-state index in [0.717, 1.165) is 18.3 Å². The molecule has 0 aliphatic heterocycles. The molecular formula is C15H24O. The summed E-state index contributed by atoms with van der Waals surface area (Å²) in [6, 6.07) is 0. The second-order valence-corrected chi connectivity index (χ2v) is 5.75. The zero-order valence-corrected chi connectivity index (χ0v) is 11.3. The summed E-state index contributed by atoms with van der Waals surface area (Å²) in [5.41, 5.74) is 5.51. The largest absolute Gasteiger partial charge is 0.298 e. The molecule has 0 amide bonds. The predicted molar refractivity (Wildman–Crippen MR) is 69.4 cm³/mol. The molecular weight excluding hydrogens is 196 g/mol. The summed E-state index contributed by atoms with van der Waals surface area (Å²) < 4.78 is 0. The minimum absolute atomic E-state index is 0.312. The predicted octanol–water partition coefficient (Wildman–Crippen LogP) is 4.44. The highest BCUT2D eigenvalue weighted by molar-refractivity contribution is 5.73. The van der Waals surface area contributed by atoms with Crippen molar-refractivity contribution in [1.82, 2.24) is 0 Å². The van der Waals surface area contributed by atoms with Crippen LogP contribution in [-0.2, 0) is 4.79 Å². The van der Waals surface area contributed by atoms with E-state index >= 15 is 0 Å². The maximum atomic E-state index is 10.8. The lowest BCUT2D eigenvalue weighted by atomic mass is 9.70. The summed E-state index contributed by atoms with van der Waals surface area (Å²) in [6.07, 6.45) is 5.75. The number of carbonyl (C=O) groups is 1. The molecule has 0 saturated carbocycles. The lowest BCUT2D eigenvalue weighted by Crippen LogP contribution is -2.20. The monoisotopic (exact) mass is 220 g/mol. The van der Waals surface area contributed by atoms with E-state index < -0.39 is 0 Å². The molecule has 1 aliphatic carbocycles. The van der Waals surface area contributed by atoms with Gasteiger partial charge in [-0.05, 0) is 57.4 Å². The Balaban J connectivity index is 2.98. The summed E-state index contributed by atoms with van der Waals surface area (Å²) in [5.74, 6) is 0. The SMILES string of the molecule is CC1=C(C/C(C)=C(\C)C=O)C(C)(C)CCC1. The van der Waals surface area contributed by atoms with Crippen LogP contribution in [-0.4, -0.2) is 6.29 Å². The van der Waals surface area contributed by atoms with Crippen molar-refractivity contribution in [2.45, 2.75) is 60.3 Å². The van der Waals surface area contributed by atoms with Crippen molar-refractivity contribution < 1.29 is 4.79 Å². The second-order valence-electron chi connectivity index (χ2n) is 5.75. The van der Waals surface area contributed by atoms with Gasteiger partial charge in [-0.1, -0.05) is 30.6 Å². The standard InChI is InChI=1S/C15H24O/c1-11-7-6-8-15(4,5)14(11)9-12(2)13(3)10-16/h10H,6-9H2,1-5H3/b13-12+. The number of allylic oxidation sites excluding steroid dienone is 4. The zero-order chi connectivity index (χ0) is 12.3. The van der Waals surface area contributed by atoms with Gasteiger partial charge in [0.05, 0.1) is 0 Å². The third-order valence-corrected chi connectivity index (χ3v) is 3.98. The van der Waals surface area contributed by atoms with Gasteiger partial charge in [0.25, 0.3) is 0 Å². The number of hydrogen-bond donors (Lipinski definition) is 0. The molecule has 1 nitrogen and oxygen atoms in total. The molecule has 1 heteroatoms. The van der Waals surface area contributed by atoms with Crippen molar-refractivity contribution in [3.8, 4) is 0 Å². The molecule has 0 aromatic rings. The molecule has 0 heterocycles. The minimum Gasteiger partial charge on any atom is -0.298 e.